The lowest BCUT2D eigenvalue weighted by Gasteiger charge is -2.26. The minimum atomic E-state index is -1.92. The number of rotatable bonds is 13. The molecule has 3 N–H and O–H groups in total. The molecule has 0 aliphatic rings. The first-order valence-corrected chi connectivity index (χ1v) is 13.3. The number of halogens is 5. The van der Waals surface area contributed by atoms with Crippen molar-refractivity contribution < 1.29 is 60.1 Å². The van der Waals surface area contributed by atoms with Crippen molar-refractivity contribution in [3.63, 3.8) is 0 Å². The summed E-state index contributed by atoms with van der Waals surface area (Å²) in [7, 11) is 0. The van der Waals surface area contributed by atoms with E-state index in [9.17, 15) is 45.9 Å². The van der Waals surface area contributed by atoms with Crippen molar-refractivity contribution in [2.75, 3.05) is 18.8 Å². The molecule has 11 nitrogen and oxygen atoms in total. The Hall–Kier alpha value is -4.76. The molecule has 0 bridgehead atoms. The Morgan fingerprint density at radius 2 is 1.42 bits per heavy atom. The van der Waals surface area contributed by atoms with E-state index >= 15 is 0 Å². The zero-order valence-electron chi connectivity index (χ0n) is 24.9. The van der Waals surface area contributed by atoms with Gasteiger partial charge in [-0.25, -0.2) is 13.2 Å². The molecule has 2 atom stereocenters. The number of carbonyl (C=O) groups is 5. The summed E-state index contributed by atoms with van der Waals surface area (Å²) in [5, 5.41) is 6.70. The largest absolute Gasteiger partial charge is 0.479 e. The van der Waals surface area contributed by atoms with Gasteiger partial charge in [0.1, 0.15) is 30.0 Å². The number of carbonyl (C=O) groups excluding carboxylic acids is 5. The van der Waals surface area contributed by atoms with Gasteiger partial charge in [-0.2, -0.15) is 8.78 Å². The second kappa shape index (κ2) is 15.8. The Morgan fingerprint density at radius 3 is 1.93 bits per heavy atom. The first-order chi connectivity index (χ1) is 20.9. The van der Waals surface area contributed by atoms with E-state index in [2.05, 4.69) is 25.4 Å². The lowest BCUT2D eigenvalue weighted by Crippen LogP contribution is -2.56. The fourth-order valence-corrected chi connectivity index (χ4v) is 3.61. The van der Waals surface area contributed by atoms with Crippen LogP contribution in [0.1, 0.15) is 41.0 Å². The predicted molar refractivity (Wildman–Crippen MR) is 148 cm³/mol. The van der Waals surface area contributed by atoms with Crippen LogP contribution >= 0.6 is 0 Å². The Morgan fingerprint density at radius 1 is 0.844 bits per heavy atom. The van der Waals surface area contributed by atoms with Gasteiger partial charge in [-0.15, -0.1) is 0 Å². The first-order valence-electron chi connectivity index (χ1n) is 13.3. The van der Waals surface area contributed by atoms with E-state index in [-0.39, 0.29) is 17.5 Å². The Labute approximate surface area is 254 Å². The molecule has 2 unspecified atom stereocenters. The Kier molecular flexibility index (Phi) is 12.8. The smallest absolute Gasteiger partial charge is 0.313 e. The Balaban J connectivity index is 2.20. The minimum Gasteiger partial charge on any atom is -0.479 e. The average molecular weight is 646 g/mol. The van der Waals surface area contributed by atoms with Crippen molar-refractivity contribution in [2.24, 2.45) is 5.92 Å². The molecule has 16 heteroatoms. The predicted octanol–water partition coefficient (Wildman–Crippen LogP) is 3.49. The second-order valence-electron chi connectivity index (χ2n) is 10.8. The van der Waals surface area contributed by atoms with Crippen LogP contribution in [0.25, 0.3) is 0 Å². The zero-order chi connectivity index (χ0) is 34.1. The monoisotopic (exact) mass is 645 g/mol. The van der Waals surface area contributed by atoms with Crippen LogP contribution in [0.2, 0.25) is 0 Å². The van der Waals surface area contributed by atoms with Gasteiger partial charge in [-0.3, -0.25) is 24.0 Å². The van der Waals surface area contributed by atoms with Crippen LogP contribution in [0.3, 0.4) is 0 Å². The van der Waals surface area contributed by atoms with Crippen molar-refractivity contribution >= 4 is 35.2 Å². The summed E-state index contributed by atoms with van der Waals surface area (Å²) in [6.07, 6.45) is -0.810. The van der Waals surface area contributed by atoms with Crippen molar-refractivity contribution in [2.45, 2.75) is 58.7 Å². The van der Waals surface area contributed by atoms with Crippen molar-refractivity contribution in [3.05, 3.63) is 53.6 Å². The number of Topliss-reactive ketones (excluding diaryl/α,β-unsaturated/α-hetero) is 1. The first kappa shape index (κ1) is 36.4. The van der Waals surface area contributed by atoms with Crippen molar-refractivity contribution in [1.82, 2.24) is 10.6 Å². The molecule has 2 rings (SSSR count). The van der Waals surface area contributed by atoms with E-state index in [1.54, 1.807) is 0 Å². The Bertz CT molecular complexity index is 1390. The molecule has 45 heavy (non-hydrogen) atoms. The third-order valence-corrected chi connectivity index (χ3v) is 5.70. The lowest BCUT2D eigenvalue weighted by atomic mass is 10.0. The number of ether oxygens (including phenoxy) is 3. The van der Waals surface area contributed by atoms with Crippen LogP contribution in [0.15, 0.2) is 30.3 Å². The maximum absolute atomic E-state index is 14.0. The normalized spacial score (nSPS) is 12.5. The van der Waals surface area contributed by atoms with Gasteiger partial charge in [0.2, 0.25) is 24.4 Å². The molecule has 0 aliphatic heterocycles. The number of benzene rings is 2. The fraction of sp³-hybridized carbons (Fsp3) is 0.414. The molecule has 3 amide bonds. The van der Waals surface area contributed by atoms with Gasteiger partial charge in [0.15, 0.2) is 23.2 Å². The SMILES string of the molecule is CC(C)C(NC(=O)C(=O)Nc1ccc(OCF)cc1)C(=O)NC(CC(=O)OC(C)(C)C)C(=O)COc1c(F)c(F)cc(F)c1F. The van der Waals surface area contributed by atoms with Crippen LogP contribution < -0.4 is 25.4 Å². The van der Waals surface area contributed by atoms with Gasteiger partial charge >= 0.3 is 17.8 Å². The summed E-state index contributed by atoms with van der Waals surface area (Å²) < 4.78 is 81.9. The number of hydrogen-bond donors (Lipinski definition) is 3. The van der Waals surface area contributed by atoms with Gasteiger partial charge in [0, 0.05) is 11.8 Å². The number of anilines is 1. The quantitative estimate of drug-likeness (QED) is 0.130. The van der Waals surface area contributed by atoms with Gasteiger partial charge in [-0.05, 0) is 51.0 Å². The van der Waals surface area contributed by atoms with E-state index in [0.717, 1.165) is 0 Å². The standard InChI is InChI=1S/C29H32F5N3O8/c1-14(2)24(37-28(42)27(41)35-15-6-8-16(9-7-15)44-13-30)26(40)36-19(11-21(39)45-29(3,4)5)20(38)12-43-25-22(33)17(31)10-18(32)23(25)34/h6-10,14,19,24H,11-13H2,1-5H3,(H,35,41)(H,36,40)(H,37,42). The molecule has 0 spiro atoms. The van der Waals surface area contributed by atoms with Gasteiger partial charge in [0.05, 0.1) is 6.42 Å². The maximum atomic E-state index is 14.0. The van der Waals surface area contributed by atoms with E-state index in [1.165, 1.54) is 58.9 Å². The highest BCUT2D eigenvalue weighted by Crippen LogP contribution is 2.26. The third-order valence-electron chi connectivity index (χ3n) is 5.70. The molecule has 246 valence electrons. The van der Waals surface area contributed by atoms with Gasteiger partial charge in [0.25, 0.3) is 0 Å². The molecule has 0 aromatic heterocycles. The molecule has 0 aliphatic carbocycles. The molecule has 0 radical (unpaired) electrons. The van der Waals surface area contributed by atoms with Gasteiger partial charge in [-0.1, -0.05) is 13.8 Å². The highest BCUT2D eigenvalue weighted by Gasteiger charge is 2.33. The molecule has 2 aromatic rings. The topological polar surface area (TPSA) is 149 Å². The summed E-state index contributed by atoms with van der Waals surface area (Å²) in [6, 6.07) is 2.03. The van der Waals surface area contributed by atoms with Crippen LogP contribution in [-0.2, 0) is 28.7 Å². The molecule has 0 saturated carbocycles. The highest BCUT2D eigenvalue weighted by molar-refractivity contribution is 6.40. The zero-order valence-corrected chi connectivity index (χ0v) is 24.9. The van der Waals surface area contributed by atoms with Crippen LogP contribution in [0.5, 0.6) is 11.5 Å². The lowest BCUT2D eigenvalue weighted by molar-refractivity contribution is -0.156. The van der Waals surface area contributed by atoms with E-state index in [0.29, 0.717) is 0 Å². The molecule has 2 aromatic carbocycles. The minimum absolute atomic E-state index is 0.0643. The summed E-state index contributed by atoms with van der Waals surface area (Å²) in [5.74, 6) is -15.1. The molecule has 0 saturated heterocycles. The van der Waals surface area contributed by atoms with Crippen molar-refractivity contribution in [1.29, 1.82) is 0 Å². The van der Waals surface area contributed by atoms with Crippen LogP contribution in [0, 0.1) is 29.2 Å². The summed E-state index contributed by atoms with van der Waals surface area (Å²) in [4.78, 5) is 63.7. The van der Waals surface area contributed by atoms with Crippen molar-refractivity contribution in [3.8, 4) is 11.5 Å². The number of nitrogens with one attached hydrogen (secondary N) is 3. The molecule has 0 heterocycles. The van der Waals surface area contributed by atoms with E-state index < -0.39 is 102 Å². The second-order valence-corrected chi connectivity index (χ2v) is 10.8. The fourth-order valence-electron chi connectivity index (χ4n) is 3.61. The molecular weight excluding hydrogens is 613 g/mol. The summed E-state index contributed by atoms with van der Waals surface area (Å²) in [5.41, 5.74) is -0.875. The number of ketones is 1. The van der Waals surface area contributed by atoms with E-state index in [1.807, 2.05) is 0 Å². The summed E-state index contributed by atoms with van der Waals surface area (Å²) >= 11 is 0. The third kappa shape index (κ3) is 11.0. The number of amides is 3. The molecule has 0 fully saturated rings. The number of esters is 1. The van der Waals surface area contributed by atoms with Crippen LogP contribution in [0.4, 0.5) is 27.6 Å². The highest BCUT2D eigenvalue weighted by atomic mass is 19.2. The summed E-state index contributed by atoms with van der Waals surface area (Å²) in [6.45, 7) is 5.22. The molecular formula is C29H32F5N3O8. The van der Waals surface area contributed by atoms with E-state index in [4.69, 9.17) is 4.74 Å². The average Bonchev–Trinajstić information content (AvgIpc) is 2.94. The van der Waals surface area contributed by atoms with Crippen LogP contribution in [-0.4, -0.2) is 60.6 Å². The van der Waals surface area contributed by atoms with Gasteiger partial charge < -0.3 is 30.2 Å². The number of alkyl halides is 1. The maximum Gasteiger partial charge on any atom is 0.313 e. The number of hydrogen-bond acceptors (Lipinski definition) is 8.